The first kappa shape index (κ1) is 29.4. The predicted molar refractivity (Wildman–Crippen MR) is 153 cm³/mol. The molecule has 42 heavy (non-hydrogen) atoms. The molecule has 12 heteroatoms. The number of phenols is 1. The van der Waals surface area contributed by atoms with E-state index in [1.54, 1.807) is 46.4 Å². The minimum atomic E-state index is -2.69. The number of fused-ring (bicyclic) bond motifs is 3. The van der Waals surface area contributed by atoms with Crippen LogP contribution < -0.4 is 10.6 Å². The van der Waals surface area contributed by atoms with Crippen molar-refractivity contribution in [2.75, 3.05) is 47.2 Å². The molecular weight excluding hydrogens is 544 g/mol. The molecule has 3 aliphatic rings. The van der Waals surface area contributed by atoms with E-state index in [2.05, 4.69) is 0 Å². The van der Waals surface area contributed by atoms with Gasteiger partial charge in [0.1, 0.15) is 34.4 Å². The van der Waals surface area contributed by atoms with Gasteiger partial charge in [-0.1, -0.05) is 0 Å². The number of nitrogens with two attached hydrogens (primary N) is 1. The summed E-state index contributed by atoms with van der Waals surface area (Å²) < 4.78 is 5.97. The normalized spacial score (nSPS) is 25.6. The van der Waals surface area contributed by atoms with Crippen LogP contribution in [0.15, 0.2) is 45.3 Å². The van der Waals surface area contributed by atoms with Gasteiger partial charge in [-0.2, -0.15) is 0 Å². The molecule has 0 fully saturated rings. The Labute approximate surface area is 242 Å². The highest BCUT2D eigenvalue weighted by Crippen LogP contribution is 2.54. The number of aromatic hydroxyl groups is 1. The maximum atomic E-state index is 14.2. The Bertz CT molecular complexity index is 1580. The van der Waals surface area contributed by atoms with Crippen LogP contribution in [0.1, 0.15) is 28.1 Å². The van der Waals surface area contributed by atoms with Gasteiger partial charge in [0.05, 0.1) is 23.7 Å². The van der Waals surface area contributed by atoms with Crippen LogP contribution >= 0.6 is 0 Å². The largest absolute Gasteiger partial charge is 0.510 e. The number of benzene rings is 1. The molecule has 0 saturated heterocycles. The molecule has 0 saturated carbocycles. The number of aliphatic hydroxyl groups is 3. The van der Waals surface area contributed by atoms with E-state index in [0.29, 0.717) is 29.3 Å². The van der Waals surface area contributed by atoms with Crippen LogP contribution in [-0.2, 0) is 22.6 Å². The van der Waals surface area contributed by atoms with Crippen molar-refractivity contribution in [1.29, 1.82) is 0 Å². The fourth-order valence-electron chi connectivity index (χ4n) is 6.81. The van der Waals surface area contributed by atoms with E-state index < -0.39 is 58.0 Å². The molecule has 0 unspecified atom stereocenters. The van der Waals surface area contributed by atoms with Crippen LogP contribution in [0.4, 0.5) is 5.69 Å². The summed E-state index contributed by atoms with van der Waals surface area (Å²) in [5, 5.41) is 45.8. The Morgan fingerprint density at radius 2 is 1.76 bits per heavy atom. The molecule has 12 nitrogen and oxygen atoms in total. The predicted octanol–water partition coefficient (Wildman–Crippen LogP) is 1.51. The van der Waals surface area contributed by atoms with E-state index in [9.17, 15) is 34.8 Å². The van der Waals surface area contributed by atoms with Crippen molar-refractivity contribution >= 4 is 23.2 Å². The molecule has 0 spiro atoms. The maximum Gasteiger partial charge on any atom is 0.255 e. The maximum absolute atomic E-state index is 14.2. The zero-order valence-corrected chi connectivity index (χ0v) is 24.4. The van der Waals surface area contributed by atoms with E-state index in [0.717, 1.165) is 0 Å². The lowest BCUT2D eigenvalue weighted by atomic mass is 9.58. The van der Waals surface area contributed by atoms with Crippen molar-refractivity contribution in [3.63, 3.8) is 0 Å². The highest BCUT2D eigenvalue weighted by atomic mass is 16.4. The van der Waals surface area contributed by atoms with Crippen molar-refractivity contribution in [2.24, 2.45) is 17.6 Å². The standard InChI is InChI=1S/C30H36N4O8/c1-32(2)12-14-7-8-19(42-14)16-11-18(33(3)4)15-9-13-10-17-23(34(5)6)26(37)22(29(31)40)28(39)30(17,41)27(38)20(13)25(36)21(15)24(16)35/h7-8,11,13,17,23,35,37-38,41H,9-10,12H2,1-6H3,(H2,31,40)/t13-,17-,23-,30-/m0/s1. The number of Topliss-reactive ketones (excluding diaryl/α,β-unsaturated/α-hetero) is 2. The second-order valence-electron chi connectivity index (χ2n) is 12.0. The Morgan fingerprint density at radius 1 is 1.10 bits per heavy atom. The zero-order valence-electron chi connectivity index (χ0n) is 24.4. The van der Waals surface area contributed by atoms with Gasteiger partial charge in [-0.05, 0) is 70.7 Å². The van der Waals surface area contributed by atoms with Gasteiger partial charge < -0.3 is 40.4 Å². The lowest BCUT2D eigenvalue weighted by molar-refractivity contribution is -0.148. The Morgan fingerprint density at radius 3 is 2.33 bits per heavy atom. The molecule has 0 bridgehead atoms. The number of primary amides is 1. The van der Waals surface area contributed by atoms with Gasteiger partial charge in [0.2, 0.25) is 5.78 Å². The molecule has 1 aromatic heterocycles. The number of aliphatic hydroxyl groups excluding tert-OH is 2. The molecule has 0 aliphatic heterocycles. The van der Waals surface area contributed by atoms with Gasteiger partial charge in [-0.15, -0.1) is 0 Å². The number of anilines is 1. The number of rotatable bonds is 6. The number of carbonyl (C=O) groups is 3. The first-order valence-corrected chi connectivity index (χ1v) is 13.6. The number of furan rings is 1. The number of hydrogen-bond acceptors (Lipinski definition) is 11. The molecule has 224 valence electrons. The quantitative estimate of drug-likeness (QED) is 0.313. The number of allylic oxidation sites excluding steroid dienone is 1. The van der Waals surface area contributed by atoms with Crippen LogP contribution in [0.25, 0.3) is 11.3 Å². The third-order valence-corrected chi connectivity index (χ3v) is 8.58. The average Bonchev–Trinajstić information content (AvgIpc) is 3.33. The van der Waals surface area contributed by atoms with E-state index in [-0.39, 0.29) is 35.3 Å². The first-order valence-electron chi connectivity index (χ1n) is 13.6. The molecule has 1 aromatic carbocycles. The second kappa shape index (κ2) is 10.0. The lowest BCUT2D eigenvalue weighted by Gasteiger charge is -2.50. The third kappa shape index (κ3) is 4.12. The van der Waals surface area contributed by atoms with Crippen LogP contribution in [0.5, 0.6) is 5.75 Å². The van der Waals surface area contributed by atoms with E-state index in [1.165, 1.54) is 4.90 Å². The number of carbonyl (C=O) groups excluding carboxylic acids is 3. The van der Waals surface area contributed by atoms with Gasteiger partial charge in [0, 0.05) is 31.3 Å². The van der Waals surface area contributed by atoms with Gasteiger partial charge >= 0.3 is 0 Å². The number of amides is 1. The van der Waals surface area contributed by atoms with E-state index >= 15 is 0 Å². The van der Waals surface area contributed by atoms with Crippen molar-refractivity contribution in [1.82, 2.24) is 9.80 Å². The third-order valence-electron chi connectivity index (χ3n) is 8.58. The number of phenolic OH excluding ortho intramolecular Hbond substituents is 1. The fraction of sp³-hybridized carbons (Fsp3) is 0.433. The number of nitrogens with zero attached hydrogens (tertiary/aromatic N) is 3. The van der Waals surface area contributed by atoms with Crippen LogP contribution in [-0.4, -0.2) is 102 Å². The van der Waals surface area contributed by atoms with Gasteiger partial charge in [-0.25, -0.2) is 0 Å². The topological polar surface area (TPSA) is 181 Å². The van der Waals surface area contributed by atoms with Crippen molar-refractivity contribution in [3.8, 4) is 17.1 Å². The van der Waals surface area contributed by atoms with Crippen LogP contribution in [0.3, 0.4) is 0 Å². The second-order valence-corrected chi connectivity index (χ2v) is 12.0. The van der Waals surface area contributed by atoms with Crippen LogP contribution in [0.2, 0.25) is 0 Å². The van der Waals surface area contributed by atoms with Crippen molar-refractivity contribution in [3.05, 3.63) is 57.8 Å². The zero-order chi connectivity index (χ0) is 31.0. The number of ketones is 2. The molecule has 1 heterocycles. The SMILES string of the molecule is CN(C)Cc1ccc(-c2cc(N(C)C)c3c(c2O)C(=O)C2=C(O)[C@]4(O)C(=O)C(C(N)=O)=C(O)[C@@H](N(C)C)[C@@H]4C[C@@H]2C3)o1. The average molecular weight is 581 g/mol. The fourth-order valence-corrected chi connectivity index (χ4v) is 6.81. The smallest absolute Gasteiger partial charge is 0.255 e. The summed E-state index contributed by atoms with van der Waals surface area (Å²) in [5.74, 6) is -5.88. The molecule has 6 N–H and O–H groups in total. The summed E-state index contributed by atoms with van der Waals surface area (Å²) in [5.41, 5.74) is 3.06. The summed E-state index contributed by atoms with van der Waals surface area (Å²) in [7, 11) is 10.6. The monoisotopic (exact) mass is 580 g/mol. The summed E-state index contributed by atoms with van der Waals surface area (Å²) in [6.07, 6.45) is 0.215. The van der Waals surface area contributed by atoms with E-state index in [1.807, 2.05) is 23.9 Å². The molecule has 2 aromatic rings. The summed E-state index contributed by atoms with van der Waals surface area (Å²) in [4.78, 5) is 45.1. The van der Waals surface area contributed by atoms with Gasteiger partial charge in [0.15, 0.2) is 11.4 Å². The molecule has 4 atom stereocenters. The number of likely N-dealkylation sites (N-methyl/N-ethyl adjacent to an activating group) is 1. The number of hydrogen-bond donors (Lipinski definition) is 5. The Hall–Kier alpha value is -4.13. The van der Waals surface area contributed by atoms with Gasteiger partial charge in [-0.3, -0.25) is 19.3 Å². The minimum absolute atomic E-state index is 0.0211. The summed E-state index contributed by atoms with van der Waals surface area (Å²) in [6.45, 7) is 0.520. The summed E-state index contributed by atoms with van der Waals surface area (Å²) >= 11 is 0. The van der Waals surface area contributed by atoms with E-state index in [4.69, 9.17) is 10.2 Å². The molecule has 0 radical (unpaired) electrons. The Kier molecular flexibility index (Phi) is 6.99. The highest BCUT2D eigenvalue weighted by molar-refractivity contribution is 6.25. The highest BCUT2D eigenvalue weighted by Gasteiger charge is 2.63. The summed E-state index contributed by atoms with van der Waals surface area (Å²) in [6, 6.07) is 4.18. The van der Waals surface area contributed by atoms with Crippen LogP contribution in [0, 0.1) is 11.8 Å². The lowest BCUT2D eigenvalue weighted by Crippen LogP contribution is -2.63. The Balaban J connectivity index is 1.71. The molecule has 5 rings (SSSR count). The molecule has 3 aliphatic carbocycles. The van der Waals surface area contributed by atoms with Gasteiger partial charge in [0.25, 0.3) is 5.91 Å². The molecule has 1 amide bonds. The van der Waals surface area contributed by atoms with Crippen molar-refractivity contribution in [2.45, 2.75) is 31.0 Å². The minimum Gasteiger partial charge on any atom is -0.510 e. The molecular formula is C30H36N4O8. The first-order chi connectivity index (χ1) is 19.6. The van der Waals surface area contributed by atoms with Crippen molar-refractivity contribution < 1.29 is 39.2 Å².